The zero-order valence-electron chi connectivity index (χ0n) is 13.3. The number of hydrogen-bond donors (Lipinski definition) is 1. The number of nitrogens with one attached hydrogen (secondary N) is 1. The van der Waals surface area contributed by atoms with Crippen molar-refractivity contribution in [3.63, 3.8) is 0 Å². The molecule has 1 N–H and O–H groups in total. The van der Waals surface area contributed by atoms with E-state index in [9.17, 15) is 4.79 Å². The summed E-state index contributed by atoms with van der Waals surface area (Å²) in [4.78, 5) is 13.9. The van der Waals surface area contributed by atoms with E-state index in [4.69, 9.17) is 4.74 Å². The molecule has 2 heterocycles. The van der Waals surface area contributed by atoms with Crippen LogP contribution in [0.1, 0.15) is 30.1 Å². The molecule has 3 atom stereocenters. The second-order valence-electron chi connectivity index (χ2n) is 6.27. The Morgan fingerprint density at radius 1 is 1.22 bits per heavy atom. The Bertz CT molecular complexity index is 744. The lowest BCUT2D eigenvalue weighted by Gasteiger charge is -2.54. The van der Waals surface area contributed by atoms with Crippen molar-refractivity contribution >= 4 is 11.6 Å². The maximum atomic E-state index is 12.0. The monoisotopic (exact) mass is 308 g/mol. The van der Waals surface area contributed by atoms with Gasteiger partial charge in [0.25, 0.3) is 0 Å². The van der Waals surface area contributed by atoms with E-state index >= 15 is 0 Å². The van der Waals surface area contributed by atoms with Crippen molar-refractivity contribution in [2.75, 3.05) is 19.0 Å². The summed E-state index contributed by atoms with van der Waals surface area (Å²) in [5.74, 6) is 1.35. The lowest BCUT2D eigenvalue weighted by molar-refractivity contribution is -0.143. The molecule has 4 nitrogen and oxygen atoms in total. The molecule has 2 aromatic rings. The van der Waals surface area contributed by atoms with Crippen LogP contribution < -0.4 is 10.1 Å². The predicted molar refractivity (Wildman–Crippen MR) is 89.4 cm³/mol. The van der Waals surface area contributed by atoms with Gasteiger partial charge in [0.15, 0.2) is 0 Å². The average molecular weight is 308 g/mol. The minimum atomic E-state index is 0.129. The number of carbonyl (C=O) groups excluding carboxylic acids is 1. The second-order valence-corrected chi connectivity index (χ2v) is 6.27. The van der Waals surface area contributed by atoms with Gasteiger partial charge in [-0.05, 0) is 23.8 Å². The van der Waals surface area contributed by atoms with Crippen LogP contribution in [-0.2, 0) is 4.79 Å². The number of nitrogens with zero attached hydrogens (tertiary/aromatic N) is 1. The number of amides is 1. The second kappa shape index (κ2) is 5.30. The number of ether oxygens (including phenoxy) is 1. The summed E-state index contributed by atoms with van der Waals surface area (Å²) in [5, 5.41) is 3.66. The van der Waals surface area contributed by atoms with Crippen LogP contribution in [0.5, 0.6) is 5.75 Å². The van der Waals surface area contributed by atoms with Gasteiger partial charge in [0.1, 0.15) is 5.75 Å². The van der Waals surface area contributed by atoms with Crippen molar-refractivity contribution in [1.82, 2.24) is 4.90 Å². The van der Waals surface area contributed by atoms with Gasteiger partial charge in [-0.2, -0.15) is 0 Å². The number of likely N-dealkylation sites (tertiary alicyclic amines) is 1. The summed E-state index contributed by atoms with van der Waals surface area (Å²) in [5.41, 5.74) is 3.52. The Kier molecular flexibility index (Phi) is 3.26. The van der Waals surface area contributed by atoms with Crippen molar-refractivity contribution in [3.05, 3.63) is 59.7 Å². The largest absolute Gasteiger partial charge is 0.497 e. The van der Waals surface area contributed by atoms with Crippen molar-refractivity contribution < 1.29 is 9.53 Å². The van der Waals surface area contributed by atoms with Gasteiger partial charge in [-0.1, -0.05) is 30.3 Å². The zero-order valence-corrected chi connectivity index (χ0v) is 13.3. The fourth-order valence-corrected chi connectivity index (χ4v) is 3.85. The van der Waals surface area contributed by atoms with Gasteiger partial charge in [0, 0.05) is 30.6 Å². The molecule has 1 saturated heterocycles. The maximum absolute atomic E-state index is 12.0. The van der Waals surface area contributed by atoms with E-state index in [1.165, 1.54) is 5.56 Å². The van der Waals surface area contributed by atoms with E-state index in [2.05, 4.69) is 41.7 Å². The number of fused-ring (bicyclic) bond motifs is 3. The molecule has 0 radical (unpaired) electrons. The number of anilines is 1. The summed E-state index contributed by atoms with van der Waals surface area (Å²) in [6.45, 7) is 2.44. The minimum Gasteiger partial charge on any atom is -0.497 e. The molecule has 4 heteroatoms. The standard InChI is InChI=1S/C19H20N2O2/c1-12(22)21-11-16-18(13-6-4-3-5-7-13)20-17-9-8-14(23-2)10-15(17)19(16)21/h3-10,16,18-20H,11H2,1-2H3/t16-,18-,19+/m0/s1. The van der Waals surface area contributed by atoms with Crippen LogP contribution >= 0.6 is 0 Å². The van der Waals surface area contributed by atoms with Gasteiger partial charge in [-0.3, -0.25) is 4.79 Å². The van der Waals surface area contributed by atoms with Crippen LogP contribution in [0.4, 0.5) is 5.69 Å². The van der Waals surface area contributed by atoms with Gasteiger partial charge in [-0.15, -0.1) is 0 Å². The number of rotatable bonds is 2. The van der Waals surface area contributed by atoms with E-state index in [-0.39, 0.29) is 18.0 Å². The molecule has 2 aliphatic rings. The predicted octanol–water partition coefficient (Wildman–Crippen LogP) is 3.38. The third-order valence-electron chi connectivity index (χ3n) is 5.03. The van der Waals surface area contributed by atoms with E-state index in [1.54, 1.807) is 14.0 Å². The van der Waals surface area contributed by atoms with Crippen LogP contribution in [0.15, 0.2) is 48.5 Å². The smallest absolute Gasteiger partial charge is 0.219 e. The molecule has 2 aromatic carbocycles. The number of benzene rings is 2. The minimum absolute atomic E-state index is 0.129. The Morgan fingerprint density at radius 3 is 2.70 bits per heavy atom. The molecule has 118 valence electrons. The average Bonchev–Trinajstić information content (AvgIpc) is 2.54. The summed E-state index contributed by atoms with van der Waals surface area (Å²) < 4.78 is 5.36. The van der Waals surface area contributed by atoms with Gasteiger partial charge < -0.3 is 15.0 Å². The molecule has 0 aliphatic carbocycles. The molecular formula is C19H20N2O2. The fourth-order valence-electron chi connectivity index (χ4n) is 3.85. The summed E-state index contributed by atoms with van der Waals surface area (Å²) in [7, 11) is 1.67. The summed E-state index contributed by atoms with van der Waals surface area (Å²) in [6, 6.07) is 16.9. The first kappa shape index (κ1) is 14.1. The lowest BCUT2D eigenvalue weighted by Crippen LogP contribution is -2.57. The Labute approximate surface area is 136 Å². The summed E-state index contributed by atoms with van der Waals surface area (Å²) in [6.07, 6.45) is 0. The zero-order chi connectivity index (χ0) is 16.0. The molecule has 0 bridgehead atoms. The highest BCUT2D eigenvalue weighted by Crippen LogP contribution is 2.53. The molecule has 0 spiro atoms. The number of hydrogen-bond acceptors (Lipinski definition) is 3. The van der Waals surface area contributed by atoms with Crippen LogP contribution in [0.2, 0.25) is 0 Å². The van der Waals surface area contributed by atoms with Gasteiger partial charge in [-0.25, -0.2) is 0 Å². The first-order valence-electron chi connectivity index (χ1n) is 7.95. The molecule has 23 heavy (non-hydrogen) atoms. The quantitative estimate of drug-likeness (QED) is 0.924. The third kappa shape index (κ3) is 2.17. The Balaban J connectivity index is 1.77. The van der Waals surface area contributed by atoms with Crippen LogP contribution in [-0.4, -0.2) is 24.5 Å². The Hall–Kier alpha value is -2.49. The fraction of sp³-hybridized carbons (Fsp3) is 0.316. The molecular weight excluding hydrogens is 288 g/mol. The van der Waals surface area contributed by atoms with Crippen LogP contribution in [0.25, 0.3) is 0 Å². The Morgan fingerprint density at radius 2 is 2.00 bits per heavy atom. The van der Waals surface area contributed by atoms with E-state index in [1.807, 2.05) is 17.0 Å². The van der Waals surface area contributed by atoms with Gasteiger partial charge >= 0.3 is 0 Å². The van der Waals surface area contributed by atoms with Crippen molar-refractivity contribution in [1.29, 1.82) is 0 Å². The topological polar surface area (TPSA) is 41.6 Å². The molecule has 4 rings (SSSR count). The first-order valence-corrected chi connectivity index (χ1v) is 7.95. The van der Waals surface area contributed by atoms with Gasteiger partial charge in [0.2, 0.25) is 5.91 Å². The summed E-state index contributed by atoms with van der Waals surface area (Å²) >= 11 is 0. The molecule has 2 aliphatic heterocycles. The van der Waals surface area contributed by atoms with Crippen molar-refractivity contribution in [2.24, 2.45) is 5.92 Å². The highest BCUT2D eigenvalue weighted by atomic mass is 16.5. The first-order chi connectivity index (χ1) is 11.2. The number of methoxy groups -OCH3 is 1. The number of carbonyl (C=O) groups is 1. The van der Waals surface area contributed by atoms with Crippen LogP contribution in [0.3, 0.4) is 0 Å². The maximum Gasteiger partial charge on any atom is 0.219 e. The molecule has 0 aromatic heterocycles. The molecule has 0 unspecified atom stereocenters. The van der Waals surface area contributed by atoms with E-state index in [0.717, 1.165) is 23.5 Å². The highest BCUT2D eigenvalue weighted by molar-refractivity contribution is 5.76. The normalized spacial score (nSPS) is 24.8. The van der Waals surface area contributed by atoms with Crippen molar-refractivity contribution in [2.45, 2.75) is 19.0 Å². The van der Waals surface area contributed by atoms with E-state index < -0.39 is 0 Å². The van der Waals surface area contributed by atoms with Gasteiger partial charge in [0.05, 0.1) is 19.2 Å². The van der Waals surface area contributed by atoms with Crippen molar-refractivity contribution in [3.8, 4) is 5.75 Å². The lowest BCUT2D eigenvalue weighted by atomic mass is 9.73. The highest BCUT2D eigenvalue weighted by Gasteiger charge is 2.49. The third-order valence-corrected chi connectivity index (χ3v) is 5.03. The molecule has 1 amide bonds. The SMILES string of the molecule is COc1ccc2c(c1)[C@@H]1[C@@H](CN1C(C)=O)[C@H](c1ccccc1)N2. The van der Waals surface area contributed by atoms with Crippen LogP contribution in [0, 0.1) is 5.92 Å². The van der Waals surface area contributed by atoms with E-state index in [0.29, 0.717) is 5.92 Å². The molecule has 1 fully saturated rings. The molecule has 0 saturated carbocycles.